The molecule has 0 unspecified atom stereocenters. The van der Waals surface area contributed by atoms with E-state index in [1.165, 1.54) is 11.1 Å². The van der Waals surface area contributed by atoms with Crippen LogP contribution in [0.4, 0.5) is 0 Å². The second-order valence-corrected chi connectivity index (χ2v) is 11.4. The molecule has 4 rings (SSSR count). The van der Waals surface area contributed by atoms with Crippen LogP contribution < -0.4 is 0 Å². The summed E-state index contributed by atoms with van der Waals surface area (Å²) in [5, 5.41) is 0. The van der Waals surface area contributed by atoms with E-state index < -0.39 is 0 Å². The molecule has 0 fully saturated rings. The van der Waals surface area contributed by atoms with Gasteiger partial charge < -0.3 is 0 Å². The Balaban J connectivity index is 0.000000222. The van der Waals surface area contributed by atoms with Crippen molar-refractivity contribution in [2.75, 3.05) is 0 Å². The summed E-state index contributed by atoms with van der Waals surface area (Å²) in [5.74, 6) is 2.16. The maximum atomic E-state index is 11.2. The summed E-state index contributed by atoms with van der Waals surface area (Å²) in [6, 6.07) is 30.5. The molecule has 0 heterocycles. The van der Waals surface area contributed by atoms with Gasteiger partial charge in [0.25, 0.3) is 0 Å². The fourth-order valence-electron chi connectivity index (χ4n) is 3.61. The minimum Gasteiger partial charge on any atom is -0.295 e. The van der Waals surface area contributed by atoms with E-state index in [4.69, 9.17) is 0 Å². The van der Waals surface area contributed by atoms with E-state index in [9.17, 15) is 19.2 Å². The Morgan fingerprint density at radius 1 is 0.425 bits per heavy atom. The molecule has 0 saturated heterocycles. The van der Waals surface area contributed by atoms with Crippen molar-refractivity contribution in [1.82, 2.24) is 0 Å². The molecule has 0 saturated carbocycles. The Hall–Kier alpha value is -3.74. The van der Waals surface area contributed by atoms with Gasteiger partial charge in [0.1, 0.15) is 0 Å². The highest BCUT2D eigenvalue weighted by molar-refractivity contribution is 7.99. The van der Waals surface area contributed by atoms with Gasteiger partial charge in [0, 0.05) is 43.6 Å². The van der Waals surface area contributed by atoms with Gasteiger partial charge in [-0.2, -0.15) is 11.8 Å². The molecular weight excluding hydrogens is 537 g/mol. The van der Waals surface area contributed by atoms with Crippen LogP contribution in [0.1, 0.15) is 80.3 Å². The summed E-state index contributed by atoms with van der Waals surface area (Å²) in [7, 11) is 0. The third-order valence-corrected chi connectivity index (χ3v) is 8.11. The van der Waals surface area contributed by atoms with E-state index in [1.807, 2.05) is 109 Å². The summed E-state index contributed by atoms with van der Waals surface area (Å²) in [6.07, 6.45) is 0. The highest BCUT2D eigenvalue weighted by atomic mass is 32.2. The largest absolute Gasteiger partial charge is 0.295 e. The average Bonchev–Trinajstić information content (AvgIpc) is 2.94. The lowest BCUT2D eigenvalue weighted by atomic mass is 10.1. The summed E-state index contributed by atoms with van der Waals surface area (Å²) in [4.78, 5) is 46.9. The van der Waals surface area contributed by atoms with Crippen LogP contribution in [0.2, 0.25) is 0 Å². The third-order valence-electron chi connectivity index (χ3n) is 6.02. The van der Waals surface area contributed by atoms with Crippen molar-refractivity contribution in [3.05, 3.63) is 130 Å². The van der Waals surface area contributed by atoms with Gasteiger partial charge in [0.15, 0.2) is 23.1 Å². The fourth-order valence-corrected chi connectivity index (χ4v) is 5.38. The van der Waals surface area contributed by atoms with Crippen LogP contribution in [0.3, 0.4) is 0 Å². The van der Waals surface area contributed by atoms with Gasteiger partial charge in [-0.1, -0.05) is 84.6 Å². The zero-order valence-corrected chi connectivity index (χ0v) is 24.7. The number of rotatable bonds is 10. The molecule has 4 aromatic rings. The fraction of sp³-hybridized carbons (Fsp3) is 0.176. The summed E-state index contributed by atoms with van der Waals surface area (Å²) < 4.78 is 0. The quantitative estimate of drug-likeness (QED) is 0.178. The van der Waals surface area contributed by atoms with Gasteiger partial charge in [0.2, 0.25) is 0 Å². The van der Waals surface area contributed by atoms with Crippen LogP contribution in [0, 0.1) is 0 Å². The molecular formula is C34H32O4S2. The van der Waals surface area contributed by atoms with Crippen LogP contribution in [0.25, 0.3) is 0 Å². The Morgan fingerprint density at radius 2 is 0.675 bits per heavy atom. The minimum atomic E-state index is 0.0716. The topological polar surface area (TPSA) is 68.3 Å². The van der Waals surface area contributed by atoms with Crippen molar-refractivity contribution < 1.29 is 19.2 Å². The summed E-state index contributed by atoms with van der Waals surface area (Å²) in [6.45, 7) is 6.27. The molecule has 0 N–H and O–H groups in total. The lowest BCUT2D eigenvalue weighted by Gasteiger charge is -2.04. The Morgan fingerprint density at radius 3 is 0.925 bits per heavy atom. The lowest BCUT2D eigenvalue weighted by Crippen LogP contribution is -1.93. The molecule has 4 nitrogen and oxygen atoms in total. The number of Topliss-reactive ketones (excluding diaryl/α,β-unsaturated/α-hetero) is 4. The maximum absolute atomic E-state index is 11.2. The van der Waals surface area contributed by atoms with Gasteiger partial charge in [-0.3, -0.25) is 19.2 Å². The zero-order chi connectivity index (χ0) is 29.1. The standard InChI is InChI=1S/C18H18O2S.C16H14O2S/c1-13(19)17-7-3-15(4-8-17)11-21-12-16-5-9-18(10-6-16)14(2)20;1-11(17)13-3-7-15(8-4-13)19-16-9-5-14(6-10-16)12(2)18/h3-10H,11-12H2,1-2H3;3-10H,1-2H3. The summed E-state index contributed by atoms with van der Waals surface area (Å²) in [5.41, 5.74) is 5.37. The molecule has 0 amide bonds. The second-order valence-electron chi connectivity index (χ2n) is 9.26. The van der Waals surface area contributed by atoms with Gasteiger partial charge in [-0.25, -0.2) is 0 Å². The Labute approximate surface area is 244 Å². The molecule has 0 aliphatic carbocycles. The average molecular weight is 569 g/mol. The molecule has 0 aromatic heterocycles. The molecule has 0 bridgehead atoms. The number of carbonyl (C=O) groups is 4. The van der Waals surface area contributed by atoms with E-state index in [1.54, 1.807) is 39.5 Å². The molecule has 4 aromatic carbocycles. The Kier molecular flexibility index (Phi) is 11.7. The van der Waals surface area contributed by atoms with E-state index in [2.05, 4.69) is 0 Å². The van der Waals surface area contributed by atoms with Crippen LogP contribution in [-0.4, -0.2) is 23.1 Å². The number of hydrogen-bond donors (Lipinski definition) is 0. The lowest BCUT2D eigenvalue weighted by molar-refractivity contribution is 0.100. The molecule has 0 atom stereocenters. The van der Waals surface area contributed by atoms with Crippen molar-refractivity contribution in [1.29, 1.82) is 0 Å². The van der Waals surface area contributed by atoms with E-state index >= 15 is 0 Å². The van der Waals surface area contributed by atoms with Gasteiger partial charge in [0.05, 0.1) is 0 Å². The second kappa shape index (κ2) is 15.2. The SMILES string of the molecule is CC(=O)c1ccc(CSCc2ccc(C(C)=O)cc2)cc1.CC(=O)c1ccc(Sc2ccc(C(C)=O)cc2)cc1. The minimum absolute atomic E-state index is 0.0716. The summed E-state index contributed by atoms with van der Waals surface area (Å²) >= 11 is 3.42. The van der Waals surface area contributed by atoms with Crippen LogP contribution >= 0.6 is 23.5 Å². The van der Waals surface area contributed by atoms with Crippen LogP contribution in [0.5, 0.6) is 0 Å². The molecule has 204 valence electrons. The molecule has 0 aliphatic heterocycles. The molecule has 6 heteroatoms. The van der Waals surface area contributed by atoms with Gasteiger partial charge >= 0.3 is 0 Å². The number of thioether (sulfide) groups is 1. The molecule has 0 spiro atoms. The van der Waals surface area contributed by atoms with Crippen molar-refractivity contribution in [3.8, 4) is 0 Å². The predicted octanol–water partition coefficient (Wildman–Crippen LogP) is 8.77. The first-order chi connectivity index (χ1) is 19.1. The normalized spacial score (nSPS) is 10.3. The first-order valence-electron chi connectivity index (χ1n) is 12.8. The van der Waals surface area contributed by atoms with Crippen molar-refractivity contribution in [3.63, 3.8) is 0 Å². The van der Waals surface area contributed by atoms with E-state index in [-0.39, 0.29) is 23.1 Å². The van der Waals surface area contributed by atoms with E-state index in [0.29, 0.717) is 0 Å². The highest BCUT2D eigenvalue weighted by Crippen LogP contribution is 2.28. The number of hydrogen-bond acceptors (Lipinski definition) is 6. The van der Waals surface area contributed by atoms with Crippen LogP contribution in [0.15, 0.2) is 107 Å². The maximum Gasteiger partial charge on any atom is 0.159 e. The van der Waals surface area contributed by atoms with E-state index in [0.717, 1.165) is 43.6 Å². The predicted molar refractivity (Wildman–Crippen MR) is 165 cm³/mol. The third kappa shape index (κ3) is 9.78. The monoisotopic (exact) mass is 568 g/mol. The highest BCUT2D eigenvalue weighted by Gasteiger charge is 2.04. The first-order valence-corrected chi connectivity index (χ1v) is 14.8. The van der Waals surface area contributed by atoms with Crippen molar-refractivity contribution in [2.24, 2.45) is 0 Å². The first kappa shape index (κ1) is 30.8. The Bertz CT molecular complexity index is 1340. The van der Waals surface area contributed by atoms with Gasteiger partial charge in [-0.15, -0.1) is 0 Å². The molecule has 0 aliphatic rings. The van der Waals surface area contributed by atoms with Crippen LogP contribution in [-0.2, 0) is 11.5 Å². The number of benzene rings is 4. The van der Waals surface area contributed by atoms with Crippen molar-refractivity contribution in [2.45, 2.75) is 49.0 Å². The zero-order valence-electron chi connectivity index (χ0n) is 23.1. The van der Waals surface area contributed by atoms with Gasteiger partial charge in [-0.05, 0) is 63.1 Å². The smallest absolute Gasteiger partial charge is 0.159 e. The number of carbonyl (C=O) groups excluding carboxylic acids is 4. The molecule has 0 radical (unpaired) electrons. The number of ketones is 4. The van der Waals surface area contributed by atoms with Crippen molar-refractivity contribution >= 4 is 46.7 Å². The molecule has 40 heavy (non-hydrogen) atoms.